The van der Waals surface area contributed by atoms with E-state index >= 15 is 0 Å². The molecule has 0 N–H and O–H groups in total. The molecule has 0 unspecified atom stereocenters. The van der Waals surface area contributed by atoms with E-state index in [1.54, 1.807) is 12.1 Å². The topological polar surface area (TPSA) is 47.2 Å². The Morgan fingerprint density at radius 3 is 2.73 bits per heavy atom. The van der Waals surface area contributed by atoms with E-state index < -0.39 is 0 Å². The first-order valence-corrected chi connectivity index (χ1v) is 7.77. The van der Waals surface area contributed by atoms with E-state index in [1.807, 2.05) is 23.1 Å². The summed E-state index contributed by atoms with van der Waals surface area (Å²) >= 11 is 0. The van der Waals surface area contributed by atoms with Gasteiger partial charge in [-0.3, -0.25) is 4.79 Å². The van der Waals surface area contributed by atoms with Crippen LogP contribution in [0.25, 0.3) is 0 Å². The van der Waals surface area contributed by atoms with Crippen LogP contribution in [0, 0.1) is 5.21 Å². The minimum absolute atomic E-state index is 0.0481. The van der Waals surface area contributed by atoms with Gasteiger partial charge in [-0.25, -0.2) is 0 Å². The molecule has 1 aliphatic rings. The highest BCUT2D eigenvalue weighted by Gasteiger charge is 2.24. The van der Waals surface area contributed by atoms with Crippen molar-refractivity contribution < 1.29 is 9.52 Å². The first-order valence-electron chi connectivity index (χ1n) is 7.77. The quantitative estimate of drug-likeness (QED) is 0.632. The van der Waals surface area contributed by atoms with Gasteiger partial charge in [0.1, 0.15) is 5.56 Å². The lowest BCUT2D eigenvalue weighted by Crippen LogP contribution is -2.36. The highest BCUT2D eigenvalue weighted by molar-refractivity contribution is 5.93. The second-order valence-corrected chi connectivity index (χ2v) is 5.81. The number of aromatic nitrogens is 1. The third kappa shape index (κ3) is 3.27. The molecule has 2 aromatic rings. The molecule has 1 aromatic heterocycles. The van der Waals surface area contributed by atoms with Gasteiger partial charge in [0, 0.05) is 25.1 Å². The summed E-state index contributed by atoms with van der Waals surface area (Å²) in [4.78, 5) is 14.5. The van der Waals surface area contributed by atoms with Crippen molar-refractivity contribution in [3.8, 4) is 0 Å². The van der Waals surface area contributed by atoms with Crippen LogP contribution in [0.2, 0.25) is 0 Å². The van der Waals surface area contributed by atoms with Gasteiger partial charge in [-0.1, -0.05) is 36.8 Å². The molecule has 4 nitrogen and oxygen atoms in total. The number of benzene rings is 1. The zero-order valence-corrected chi connectivity index (χ0v) is 12.5. The number of amides is 1. The van der Waals surface area contributed by atoms with Crippen molar-refractivity contribution >= 4 is 5.91 Å². The number of nitrogens with zero attached hydrogens (tertiary/aromatic N) is 2. The third-order valence-corrected chi connectivity index (χ3v) is 4.25. The number of hydrogen-bond donors (Lipinski definition) is 0. The third-order valence-electron chi connectivity index (χ3n) is 4.25. The molecule has 1 fully saturated rings. The zero-order chi connectivity index (χ0) is 15.4. The summed E-state index contributed by atoms with van der Waals surface area (Å²) in [6, 6.07) is 13.7. The predicted molar refractivity (Wildman–Crippen MR) is 84.3 cm³/mol. The van der Waals surface area contributed by atoms with Gasteiger partial charge in [0.2, 0.25) is 0 Å². The molecule has 3 rings (SSSR count). The average molecular weight is 296 g/mol. The molecule has 0 saturated carbocycles. The number of hydrogen-bond acceptors (Lipinski definition) is 2. The SMILES string of the molecule is O=C(c1ccc[n+]([O-])c1)N1CCCC[C@H](c2ccccc2)C1. The minimum atomic E-state index is -0.0481. The van der Waals surface area contributed by atoms with Gasteiger partial charge in [0.05, 0.1) is 0 Å². The molecule has 1 aliphatic heterocycles. The first-order chi connectivity index (χ1) is 10.7. The van der Waals surface area contributed by atoms with Crippen molar-refractivity contribution in [2.75, 3.05) is 13.1 Å². The second-order valence-electron chi connectivity index (χ2n) is 5.81. The maximum Gasteiger partial charge on any atom is 0.259 e. The molecule has 1 saturated heterocycles. The fourth-order valence-electron chi connectivity index (χ4n) is 3.09. The molecule has 1 amide bonds. The van der Waals surface area contributed by atoms with Crippen LogP contribution in [-0.2, 0) is 0 Å². The lowest BCUT2D eigenvalue weighted by Gasteiger charge is -2.24. The molecule has 22 heavy (non-hydrogen) atoms. The molecule has 4 heteroatoms. The molecule has 0 bridgehead atoms. The molecule has 0 radical (unpaired) electrons. The molecule has 1 atom stereocenters. The Hall–Kier alpha value is -2.36. The summed E-state index contributed by atoms with van der Waals surface area (Å²) in [7, 11) is 0. The summed E-state index contributed by atoms with van der Waals surface area (Å²) in [5.74, 6) is 0.323. The Bertz CT molecular complexity index is 643. The fraction of sp³-hybridized carbons (Fsp3) is 0.333. The van der Waals surface area contributed by atoms with Crippen molar-refractivity contribution in [1.82, 2.24) is 4.90 Å². The van der Waals surface area contributed by atoms with Crippen molar-refractivity contribution in [3.63, 3.8) is 0 Å². The van der Waals surface area contributed by atoms with Crippen LogP contribution in [0.4, 0.5) is 0 Å². The summed E-state index contributed by atoms with van der Waals surface area (Å²) in [6.07, 6.45) is 5.99. The van der Waals surface area contributed by atoms with E-state index in [-0.39, 0.29) is 5.91 Å². The molecule has 114 valence electrons. The minimum Gasteiger partial charge on any atom is -0.619 e. The van der Waals surface area contributed by atoms with Gasteiger partial charge in [-0.15, -0.1) is 0 Å². The average Bonchev–Trinajstić information content (AvgIpc) is 2.81. The molecule has 1 aromatic carbocycles. The van der Waals surface area contributed by atoms with Crippen LogP contribution in [0.1, 0.15) is 41.1 Å². The summed E-state index contributed by atoms with van der Waals surface area (Å²) in [6.45, 7) is 1.48. The Morgan fingerprint density at radius 1 is 1.14 bits per heavy atom. The molecular formula is C18H20N2O2. The van der Waals surface area contributed by atoms with E-state index in [0.29, 0.717) is 16.2 Å². The largest absolute Gasteiger partial charge is 0.619 e. The van der Waals surface area contributed by atoms with Crippen molar-refractivity contribution in [2.45, 2.75) is 25.2 Å². The van der Waals surface area contributed by atoms with Crippen LogP contribution in [0.3, 0.4) is 0 Å². The lowest BCUT2D eigenvalue weighted by atomic mass is 9.94. The normalized spacial score (nSPS) is 18.7. The smallest absolute Gasteiger partial charge is 0.259 e. The molecule has 0 aliphatic carbocycles. The summed E-state index contributed by atoms with van der Waals surface area (Å²) in [5.41, 5.74) is 1.75. The Labute approximate surface area is 130 Å². The maximum atomic E-state index is 12.7. The van der Waals surface area contributed by atoms with Crippen LogP contribution in [0.15, 0.2) is 54.9 Å². The van der Waals surface area contributed by atoms with Gasteiger partial charge in [0.15, 0.2) is 12.4 Å². The Kier molecular flexibility index (Phi) is 4.37. The summed E-state index contributed by atoms with van der Waals surface area (Å²) in [5, 5.41) is 11.4. The van der Waals surface area contributed by atoms with Crippen LogP contribution in [-0.4, -0.2) is 23.9 Å². The number of rotatable bonds is 2. The van der Waals surface area contributed by atoms with Gasteiger partial charge in [-0.05, 0) is 24.5 Å². The van der Waals surface area contributed by atoms with E-state index in [0.717, 1.165) is 32.4 Å². The van der Waals surface area contributed by atoms with Gasteiger partial charge < -0.3 is 10.1 Å². The maximum absolute atomic E-state index is 12.7. The fourth-order valence-corrected chi connectivity index (χ4v) is 3.09. The van der Waals surface area contributed by atoms with E-state index in [4.69, 9.17) is 0 Å². The van der Waals surface area contributed by atoms with E-state index in [2.05, 4.69) is 12.1 Å². The number of pyridine rings is 1. The van der Waals surface area contributed by atoms with Crippen molar-refractivity contribution in [3.05, 3.63) is 71.2 Å². The highest BCUT2D eigenvalue weighted by Crippen LogP contribution is 2.27. The first kappa shape index (κ1) is 14.6. The standard InChI is InChI=1S/C18H20N2O2/c21-18(17-10-6-12-20(22)14-17)19-11-5-4-9-16(13-19)15-7-2-1-3-8-15/h1-3,6-8,10,12,14,16H,4-5,9,11,13H2/t16-/m0/s1. The van der Waals surface area contributed by atoms with Crippen LogP contribution >= 0.6 is 0 Å². The number of carbonyl (C=O) groups excluding carboxylic acids is 1. The highest BCUT2D eigenvalue weighted by atomic mass is 16.5. The molecule has 2 heterocycles. The summed E-state index contributed by atoms with van der Waals surface area (Å²) < 4.78 is 0.680. The Morgan fingerprint density at radius 2 is 1.95 bits per heavy atom. The molecular weight excluding hydrogens is 276 g/mol. The van der Waals surface area contributed by atoms with Crippen LogP contribution in [0.5, 0.6) is 0 Å². The predicted octanol–water partition coefficient (Wildman–Crippen LogP) is 2.73. The number of likely N-dealkylation sites (tertiary alicyclic amines) is 1. The lowest BCUT2D eigenvalue weighted by molar-refractivity contribution is -0.605. The zero-order valence-electron chi connectivity index (χ0n) is 12.5. The number of carbonyl (C=O) groups is 1. The van der Waals surface area contributed by atoms with Gasteiger partial charge in [0.25, 0.3) is 5.91 Å². The van der Waals surface area contributed by atoms with Gasteiger partial charge in [-0.2, -0.15) is 4.73 Å². The monoisotopic (exact) mass is 296 g/mol. The van der Waals surface area contributed by atoms with Gasteiger partial charge >= 0.3 is 0 Å². The Balaban J connectivity index is 1.79. The second kappa shape index (κ2) is 6.60. The van der Waals surface area contributed by atoms with Crippen molar-refractivity contribution in [2.24, 2.45) is 0 Å². The van der Waals surface area contributed by atoms with E-state index in [9.17, 15) is 10.0 Å². The van der Waals surface area contributed by atoms with Crippen molar-refractivity contribution in [1.29, 1.82) is 0 Å². The molecule has 0 spiro atoms. The van der Waals surface area contributed by atoms with Crippen LogP contribution < -0.4 is 4.73 Å². The van der Waals surface area contributed by atoms with E-state index in [1.165, 1.54) is 18.0 Å².